The molecule has 1 amide bonds. The maximum absolute atomic E-state index is 12.2. The standard InChI is InChI=1S/C13H16ClN3O/c14-10-8-15-5-3-9(10)13(18)16-11-4-7-17-6-1-2-12(11)17/h3,5,8,11-12H,1-2,4,6-7H2,(H,16,18). The zero-order valence-corrected chi connectivity index (χ0v) is 10.9. The topological polar surface area (TPSA) is 45.2 Å². The van der Waals surface area contributed by atoms with Crippen LogP contribution in [-0.4, -0.2) is 41.0 Å². The van der Waals surface area contributed by atoms with Crippen LogP contribution < -0.4 is 5.32 Å². The predicted octanol–water partition coefficient (Wildman–Crippen LogP) is 1.70. The fourth-order valence-corrected chi connectivity index (χ4v) is 3.26. The number of carbonyl (C=O) groups is 1. The minimum atomic E-state index is -0.0823. The van der Waals surface area contributed by atoms with Gasteiger partial charge in [-0.25, -0.2) is 0 Å². The fraction of sp³-hybridized carbons (Fsp3) is 0.538. The summed E-state index contributed by atoms with van der Waals surface area (Å²) in [5, 5.41) is 3.53. The van der Waals surface area contributed by atoms with E-state index in [1.165, 1.54) is 25.6 Å². The normalized spacial score (nSPS) is 27.2. The summed E-state index contributed by atoms with van der Waals surface area (Å²) in [7, 11) is 0. The Morgan fingerprint density at radius 1 is 1.44 bits per heavy atom. The molecule has 0 aromatic carbocycles. The van der Waals surface area contributed by atoms with Gasteiger partial charge in [-0.1, -0.05) is 11.6 Å². The fourth-order valence-electron chi connectivity index (χ4n) is 3.06. The maximum Gasteiger partial charge on any atom is 0.253 e. The molecule has 2 saturated heterocycles. The Hall–Kier alpha value is -1.13. The molecule has 3 heterocycles. The van der Waals surface area contributed by atoms with Crippen LogP contribution in [0.25, 0.3) is 0 Å². The molecular weight excluding hydrogens is 250 g/mol. The van der Waals surface area contributed by atoms with Crippen molar-refractivity contribution in [2.75, 3.05) is 13.1 Å². The van der Waals surface area contributed by atoms with Crippen LogP contribution in [0.4, 0.5) is 0 Å². The number of pyridine rings is 1. The summed E-state index contributed by atoms with van der Waals surface area (Å²) in [6.07, 6.45) is 6.57. The third-order valence-electron chi connectivity index (χ3n) is 3.94. The number of amides is 1. The first kappa shape index (κ1) is 11.9. The Morgan fingerprint density at radius 2 is 2.33 bits per heavy atom. The lowest BCUT2D eigenvalue weighted by Crippen LogP contribution is -2.42. The minimum absolute atomic E-state index is 0.0823. The van der Waals surface area contributed by atoms with Crippen molar-refractivity contribution < 1.29 is 4.79 Å². The van der Waals surface area contributed by atoms with Gasteiger partial charge in [0, 0.05) is 31.0 Å². The van der Waals surface area contributed by atoms with Gasteiger partial charge in [-0.3, -0.25) is 14.7 Å². The van der Waals surface area contributed by atoms with Crippen LogP contribution in [0.1, 0.15) is 29.6 Å². The van der Waals surface area contributed by atoms with Crippen LogP contribution >= 0.6 is 11.6 Å². The number of rotatable bonds is 2. The number of nitrogens with zero attached hydrogens (tertiary/aromatic N) is 2. The largest absolute Gasteiger partial charge is 0.348 e. The molecule has 0 spiro atoms. The van der Waals surface area contributed by atoms with Crippen LogP contribution in [-0.2, 0) is 0 Å². The van der Waals surface area contributed by atoms with Gasteiger partial charge < -0.3 is 5.32 Å². The van der Waals surface area contributed by atoms with Crippen molar-refractivity contribution in [3.63, 3.8) is 0 Å². The maximum atomic E-state index is 12.2. The highest BCUT2D eigenvalue weighted by Gasteiger charge is 2.37. The number of hydrogen-bond donors (Lipinski definition) is 1. The highest BCUT2D eigenvalue weighted by molar-refractivity contribution is 6.33. The van der Waals surface area contributed by atoms with E-state index in [4.69, 9.17) is 11.6 Å². The lowest BCUT2D eigenvalue weighted by atomic mass is 10.1. The molecule has 96 valence electrons. The van der Waals surface area contributed by atoms with E-state index in [0.29, 0.717) is 16.6 Å². The highest BCUT2D eigenvalue weighted by atomic mass is 35.5. The first-order valence-corrected chi connectivity index (χ1v) is 6.78. The van der Waals surface area contributed by atoms with E-state index in [1.54, 1.807) is 12.3 Å². The van der Waals surface area contributed by atoms with Gasteiger partial charge in [0.2, 0.25) is 0 Å². The number of nitrogens with one attached hydrogen (secondary N) is 1. The summed E-state index contributed by atoms with van der Waals surface area (Å²) < 4.78 is 0. The number of aromatic nitrogens is 1. The molecule has 2 atom stereocenters. The number of carbonyl (C=O) groups excluding carboxylic acids is 1. The summed E-state index contributed by atoms with van der Waals surface area (Å²) in [5.74, 6) is -0.0823. The zero-order chi connectivity index (χ0) is 12.5. The average Bonchev–Trinajstić information content (AvgIpc) is 2.94. The molecule has 2 unspecified atom stereocenters. The molecule has 18 heavy (non-hydrogen) atoms. The summed E-state index contributed by atoms with van der Waals surface area (Å²) >= 11 is 5.98. The van der Waals surface area contributed by atoms with Crippen molar-refractivity contribution in [2.45, 2.75) is 31.3 Å². The molecule has 0 aliphatic carbocycles. The van der Waals surface area contributed by atoms with Gasteiger partial charge in [0.15, 0.2) is 0 Å². The van der Waals surface area contributed by atoms with Crippen molar-refractivity contribution in [1.82, 2.24) is 15.2 Å². The summed E-state index contributed by atoms with van der Waals surface area (Å²) in [6.45, 7) is 2.27. The van der Waals surface area contributed by atoms with E-state index in [9.17, 15) is 4.79 Å². The molecule has 2 fully saturated rings. The second-order valence-corrected chi connectivity index (χ2v) is 5.38. The third kappa shape index (κ3) is 2.10. The van der Waals surface area contributed by atoms with E-state index >= 15 is 0 Å². The quantitative estimate of drug-likeness (QED) is 0.885. The summed E-state index contributed by atoms with van der Waals surface area (Å²) in [5.41, 5.74) is 0.517. The first-order chi connectivity index (χ1) is 8.75. The van der Waals surface area contributed by atoms with E-state index in [1.807, 2.05) is 0 Å². The smallest absolute Gasteiger partial charge is 0.253 e. The SMILES string of the molecule is O=C(NC1CCN2CCCC12)c1ccncc1Cl. The molecular formula is C13H16ClN3O. The molecule has 3 rings (SSSR count). The molecule has 1 aromatic heterocycles. The third-order valence-corrected chi connectivity index (χ3v) is 4.24. The second kappa shape index (κ2) is 4.86. The molecule has 0 bridgehead atoms. The van der Waals surface area contributed by atoms with E-state index in [0.717, 1.165) is 13.0 Å². The Morgan fingerprint density at radius 3 is 3.17 bits per heavy atom. The first-order valence-electron chi connectivity index (χ1n) is 6.40. The van der Waals surface area contributed by atoms with Gasteiger partial charge in [-0.15, -0.1) is 0 Å². The molecule has 0 saturated carbocycles. The summed E-state index contributed by atoms with van der Waals surface area (Å²) in [6, 6.07) is 2.46. The van der Waals surface area contributed by atoms with Crippen molar-refractivity contribution in [3.05, 3.63) is 29.0 Å². The second-order valence-electron chi connectivity index (χ2n) is 4.97. The molecule has 2 aliphatic rings. The predicted molar refractivity (Wildman–Crippen MR) is 69.7 cm³/mol. The van der Waals surface area contributed by atoms with Gasteiger partial charge in [-0.2, -0.15) is 0 Å². The van der Waals surface area contributed by atoms with Gasteiger partial charge in [-0.05, 0) is 31.9 Å². The van der Waals surface area contributed by atoms with Crippen LogP contribution in [0.3, 0.4) is 0 Å². The monoisotopic (exact) mass is 265 g/mol. The Bertz CT molecular complexity index is 465. The summed E-state index contributed by atoms with van der Waals surface area (Å²) in [4.78, 5) is 18.5. The van der Waals surface area contributed by atoms with Gasteiger partial charge >= 0.3 is 0 Å². The van der Waals surface area contributed by atoms with Gasteiger partial charge in [0.1, 0.15) is 0 Å². The minimum Gasteiger partial charge on any atom is -0.348 e. The molecule has 1 N–H and O–H groups in total. The van der Waals surface area contributed by atoms with E-state index in [-0.39, 0.29) is 11.9 Å². The lowest BCUT2D eigenvalue weighted by molar-refractivity contribution is 0.0929. The Balaban J connectivity index is 1.70. The molecule has 4 nitrogen and oxygen atoms in total. The van der Waals surface area contributed by atoms with Crippen LogP contribution in [0.2, 0.25) is 5.02 Å². The number of hydrogen-bond acceptors (Lipinski definition) is 3. The van der Waals surface area contributed by atoms with E-state index in [2.05, 4.69) is 15.2 Å². The molecule has 0 radical (unpaired) electrons. The Kier molecular flexibility index (Phi) is 3.22. The molecule has 5 heteroatoms. The van der Waals surface area contributed by atoms with Gasteiger partial charge in [0.25, 0.3) is 5.91 Å². The highest BCUT2D eigenvalue weighted by Crippen LogP contribution is 2.28. The molecule has 2 aliphatic heterocycles. The van der Waals surface area contributed by atoms with Crippen LogP contribution in [0.15, 0.2) is 18.5 Å². The average molecular weight is 266 g/mol. The van der Waals surface area contributed by atoms with Crippen molar-refractivity contribution >= 4 is 17.5 Å². The number of fused-ring (bicyclic) bond motifs is 1. The van der Waals surface area contributed by atoms with Crippen LogP contribution in [0, 0.1) is 0 Å². The van der Waals surface area contributed by atoms with Crippen molar-refractivity contribution in [3.8, 4) is 0 Å². The van der Waals surface area contributed by atoms with Crippen LogP contribution in [0.5, 0.6) is 0 Å². The zero-order valence-electron chi connectivity index (χ0n) is 10.1. The van der Waals surface area contributed by atoms with Gasteiger partial charge in [0.05, 0.1) is 10.6 Å². The lowest BCUT2D eigenvalue weighted by Gasteiger charge is -2.21. The van der Waals surface area contributed by atoms with E-state index < -0.39 is 0 Å². The number of halogens is 1. The molecule has 1 aromatic rings. The van der Waals surface area contributed by atoms with Crippen molar-refractivity contribution in [2.24, 2.45) is 0 Å². The Labute approximate surface area is 111 Å². The van der Waals surface area contributed by atoms with Crippen molar-refractivity contribution in [1.29, 1.82) is 0 Å².